The normalized spacial score (nSPS) is 38.1. The SMILES string of the molecule is CC1CC(C)CC(S(=O)(=O)[O-])C1. The van der Waals surface area contributed by atoms with Crippen molar-refractivity contribution in [3.8, 4) is 0 Å². The topological polar surface area (TPSA) is 57.2 Å². The molecule has 2 atom stereocenters. The van der Waals surface area contributed by atoms with Crippen molar-refractivity contribution in [1.82, 2.24) is 0 Å². The smallest absolute Gasteiger partial charge is 0.0975 e. The molecule has 0 aromatic carbocycles. The predicted molar refractivity (Wildman–Crippen MR) is 45.7 cm³/mol. The molecule has 3 nitrogen and oxygen atoms in total. The molecule has 1 saturated carbocycles. The van der Waals surface area contributed by atoms with Crippen molar-refractivity contribution in [2.45, 2.75) is 38.4 Å². The summed E-state index contributed by atoms with van der Waals surface area (Å²) in [5.41, 5.74) is 0. The van der Waals surface area contributed by atoms with E-state index in [2.05, 4.69) is 0 Å². The van der Waals surface area contributed by atoms with E-state index in [-0.39, 0.29) is 0 Å². The maximum Gasteiger partial charge on any atom is 0.0975 e. The van der Waals surface area contributed by atoms with Crippen LogP contribution in [0.2, 0.25) is 0 Å². The van der Waals surface area contributed by atoms with Crippen LogP contribution in [0.15, 0.2) is 0 Å². The summed E-state index contributed by atoms with van der Waals surface area (Å²) in [5.74, 6) is 0.755. The van der Waals surface area contributed by atoms with E-state index in [1.54, 1.807) is 0 Å². The lowest BCUT2D eigenvalue weighted by atomic mass is 9.83. The molecule has 0 saturated heterocycles. The summed E-state index contributed by atoms with van der Waals surface area (Å²) in [6.45, 7) is 4.02. The number of hydrogen-bond donors (Lipinski definition) is 0. The molecule has 1 rings (SSSR count). The van der Waals surface area contributed by atoms with E-state index in [1.165, 1.54) is 0 Å². The van der Waals surface area contributed by atoms with E-state index in [0.29, 0.717) is 24.7 Å². The molecule has 2 unspecified atom stereocenters. The molecule has 0 spiro atoms. The van der Waals surface area contributed by atoms with Crippen molar-refractivity contribution in [2.24, 2.45) is 11.8 Å². The average molecular weight is 191 g/mol. The molecule has 1 fully saturated rings. The first-order valence-corrected chi connectivity index (χ1v) is 5.81. The van der Waals surface area contributed by atoms with Crippen LogP contribution in [0.1, 0.15) is 33.1 Å². The van der Waals surface area contributed by atoms with E-state index in [0.717, 1.165) is 6.42 Å². The fourth-order valence-electron chi connectivity index (χ4n) is 2.11. The Balaban J connectivity index is 2.68. The van der Waals surface area contributed by atoms with Gasteiger partial charge in [-0.05, 0) is 31.1 Å². The molecule has 0 N–H and O–H groups in total. The molecule has 12 heavy (non-hydrogen) atoms. The van der Waals surface area contributed by atoms with Gasteiger partial charge in [0.25, 0.3) is 0 Å². The molecular formula is C8H15O3S-. The predicted octanol–water partition coefficient (Wildman–Crippen LogP) is 1.36. The largest absolute Gasteiger partial charge is 0.748 e. The first kappa shape index (κ1) is 9.99. The third-order valence-electron chi connectivity index (χ3n) is 2.54. The van der Waals surface area contributed by atoms with Crippen molar-refractivity contribution >= 4 is 10.1 Å². The Morgan fingerprint density at radius 2 is 1.50 bits per heavy atom. The van der Waals surface area contributed by atoms with Gasteiger partial charge in [-0.15, -0.1) is 0 Å². The van der Waals surface area contributed by atoms with Crippen LogP contribution in [0.4, 0.5) is 0 Å². The van der Waals surface area contributed by atoms with Crippen LogP contribution >= 0.6 is 0 Å². The van der Waals surface area contributed by atoms with Crippen molar-refractivity contribution in [3.63, 3.8) is 0 Å². The van der Waals surface area contributed by atoms with E-state index in [9.17, 15) is 13.0 Å². The molecule has 0 aromatic rings. The van der Waals surface area contributed by atoms with E-state index in [4.69, 9.17) is 0 Å². The lowest BCUT2D eigenvalue weighted by Crippen LogP contribution is -2.30. The Kier molecular flexibility index (Phi) is 2.78. The minimum Gasteiger partial charge on any atom is -0.748 e. The second-order valence-electron chi connectivity index (χ2n) is 4.03. The highest BCUT2D eigenvalue weighted by atomic mass is 32.2. The first-order valence-electron chi connectivity index (χ1n) is 4.34. The fourth-order valence-corrected chi connectivity index (χ4v) is 3.24. The zero-order valence-corrected chi connectivity index (χ0v) is 8.30. The summed E-state index contributed by atoms with van der Waals surface area (Å²) in [6.07, 6.45) is 2.15. The molecule has 0 radical (unpaired) electrons. The van der Waals surface area contributed by atoms with Gasteiger partial charge in [0.05, 0.1) is 15.4 Å². The molecular weight excluding hydrogens is 176 g/mol. The average Bonchev–Trinajstić information content (AvgIpc) is 1.82. The Labute approximate surface area is 73.9 Å². The molecule has 1 aliphatic rings. The van der Waals surface area contributed by atoms with Crippen LogP contribution in [0.25, 0.3) is 0 Å². The molecule has 4 heteroatoms. The second-order valence-corrected chi connectivity index (χ2v) is 5.68. The molecule has 0 aromatic heterocycles. The van der Waals surface area contributed by atoms with E-state index < -0.39 is 15.4 Å². The monoisotopic (exact) mass is 191 g/mol. The number of rotatable bonds is 1. The Morgan fingerprint density at radius 1 is 1.08 bits per heavy atom. The van der Waals surface area contributed by atoms with Crippen molar-refractivity contribution in [3.05, 3.63) is 0 Å². The highest BCUT2D eigenvalue weighted by Gasteiger charge is 2.27. The molecule has 0 amide bonds. The summed E-state index contributed by atoms with van der Waals surface area (Å²) in [7, 11) is -4.04. The van der Waals surface area contributed by atoms with Crippen LogP contribution in [0, 0.1) is 11.8 Å². The van der Waals surface area contributed by atoms with Crippen molar-refractivity contribution < 1.29 is 13.0 Å². The van der Waals surface area contributed by atoms with E-state index in [1.807, 2.05) is 13.8 Å². The van der Waals surface area contributed by atoms with Gasteiger partial charge in [0.2, 0.25) is 0 Å². The number of hydrogen-bond acceptors (Lipinski definition) is 3. The third kappa shape index (κ3) is 2.45. The highest BCUT2D eigenvalue weighted by molar-refractivity contribution is 7.86. The zero-order chi connectivity index (χ0) is 9.35. The van der Waals surface area contributed by atoms with Gasteiger partial charge in [-0.3, -0.25) is 0 Å². The van der Waals surface area contributed by atoms with Crippen molar-refractivity contribution in [1.29, 1.82) is 0 Å². The fraction of sp³-hybridized carbons (Fsp3) is 1.00. The Bertz CT molecular complexity index is 235. The van der Waals surface area contributed by atoms with Crippen molar-refractivity contribution in [2.75, 3.05) is 0 Å². The molecule has 0 aliphatic heterocycles. The standard InChI is InChI=1S/C8H16O3S/c1-6-3-7(2)5-8(4-6)12(9,10)11/h6-8H,3-5H2,1-2H3,(H,9,10,11)/p-1. The van der Waals surface area contributed by atoms with Crippen LogP contribution in [0.5, 0.6) is 0 Å². The molecule has 0 bridgehead atoms. The van der Waals surface area contributed by atoms with Gasteiger partial charge in [0, 0.05) is 0 Å². The van der Waals surface area contributed by atoms with Crippen LogP contribution in [0.3, 0.4) is 0 Å². The maximum absolute atomic E-state index is 10.7. The third-order valence-corrected chi connectivity index (χ3v) is 3.74. The van der Waals surface area contributed by atoms with Crippen LogP contribution in [-0.4, -0.2) is 18.2 Å². The highest BCUT2D eigenvalue weighted by Crippen LogP contribution is 2.31. The van der Waals surface area contributed by atoms with Gasteiger partial charge in [-0.25, -0.2) is 8.42 Å². The summed E-state index contributed by atoms with van der Waals surface area (Å²) >= 11 is 0. The minimum atomic E-state index is -4.04. The maximum atomic E-state index is 10.7. The van der Waals surface area contributed by atoms with Gasteiger partial charge in [-0.2, -0.15) is 0 Å². The van der Waals surface area contributed by atoms with E-state index >= 15 is 0 Å². The van der Waals surface area contributed by atoms with Gasteiger partial charge >= 0.3 is 0 Å². The summed E-state index contributed by atoms with van der Waals surface area (Å²) in [5, 5.41) is -0.628. The van der Waals surface area contributed by atoms with Gasteiger partial charge < -0.3 is 4.55 Å². The molecule has 1 aliphatic carbocycles. The lowest BCUT2D eigenvalue weighted by molar-refractivity contribution is 0.290. The molecule has 0 heterocycles. The summed E-state index contributed by atoms with van der Waals surface area (Å²) < 4.78 is 32.2. The lowest BCUT2D eigenvalue weighted by Gasteiger charge is -2.32. The van der Waals surface area contributed by atoms with Gasteiger partial charge in [0.15, 0.2) is 0 Å². The first-order chi connectivity index (χ1) is 5.39. The zero-order valence-electron chi connectivity index (χ0n) is 7.49. The Hall–Kier alpha value is -0.0900. The van der Waals surface area contributed by atoms with Gasteiger partial charge in [-0.1, -0.05) is 13.8 Å². The Morgan fingerprint density at radius 3 is 1.83 bits per heavy atom. The quantitative estimate of drug-likeness (QED) is 0.588. The van der Waals surface area contributed by atoms with Crippen LogP contribution in [-0.2, 0) is 10.1 Å². The second kappa shape index (κ2) is 3.34. The summed E-state index contributed by atoms with van der Waals surface area (Å²) in [6, 6.07) is 0. The van der Waals surface area contributed by atoms with Crippen LogP contribution < -0.4 is 0 Å². The minimum absolute atomic E-state index is 0.377. The molecule has 72 valence electrons. The van der Waals surface area contributed by atoms with Gasteiger partial charge in [0.1, 0.15) is 0 Å². The summed E-state index contributed by atoms with van der Waals surface area (Å²) in [4.78, 5) is 0.